The average molecular weight is 435 g/mol. The molecule has 7 heteroatoms. The molecule has 6 nitrogen and oxygen atoms in total. The Balaban J connectivity index is 1.58. The lowest BCUT2D eigenvalue weighted by atomic mass is 10.1. The fraction of sp³-hybridized carbons (Fsp3) is 0.125. The highest BCUT2D eigenvalue weighted by Gasteiger charge is 2.16. The van der Waals surface area contributed by atoms with Crippen molar-refractivity contribution in [1.29, 1.82) is 0 Å². The minimum Gasteiger partial charge on any atom is -0.478 e. The van der Waals surface area contributed by atoms with Crippen LogP contribution in [0.1, 0.15) is 22.8 Å². The number of carbonyl (C=O) groups excluding carboxylic acids is 2. The Morgan fingerprint density at radius 1 is 0.871 bits per heavy atom. The zero-order valence-electron chi connectivity index (χ0n) is 16.9. The third-order valence-electron chi connectivity index (χ3n) is 4.38. The number of hydrogen-bond acceptors (Lipinski definition) is 4. The second kappa shape index (κ2) is 10.4. The zero-order chi connectivity index (χ0) is 22.2. The van der Waals surface area contributed by atoms with E-state index in [-0.39, 0.29) is 23.8 Å². The summed E-state index contributed by atoms with van der Waals surface area (Å²) in [5.74, 6) is -1.41. The fourth-order valence-corrected chi connectivity index (χ4v) is 3.79. The van der Waals surface area contributed by atoms with Crippen LogP contribution in [-0.2, 0) is 16.0 Å². The van der Waals surface area contributed by atoms with E-state index >= 15 is 0 Å². The first-order valence-corrected chi connectivity index (χ1v) is 10.5. The van der Waals surface area contributed by atoms with E-state index in [0.29, 0.717) is 11.4 Å². The van der Waals surface area contributed by atoms with Crippen molar-refractivity contribution in [2.75, 3.05) is 10.6 Å². The van der Waals surface area contributed by atoms with E-state index in [4.69, 9.17) is 5.11 Å². The Kier molecular flexibility index (Phi) is 7.45. The Labute approximate surface area is 184 Å². The molecule has 2 amide bonds. The molecule has 3 aromatic carbocycles. The van der Waals surface area contributed by atoms with Crippen LogP contribution in [-0.4, -0.2) is 28.1 Å². The van der Waals surface area contributed by atoms with Crippen LogP contribution in [0.4, 0.5) is 11.4 Å². The molecule has 3 rings (SSSR count). The van der Waals surface area contributed by atoms with Gasteiger partial charge >= 0.3 is 5.97 Å². The molecule has 3 N–H and O–H groups in total. The maximum absolute atomic E-state index is 12.5. The largest absolute Gasteiger partial charge is 0.478 e. The summed E-state index contributed by atoms with van der Waals surface area (Å²) in [7, 11) is 0. The first-order chi connectivity index (χ1) is 14.9. The van der Waals surface area contributed by atoms with Crippen LogP contribution >= 0.6 is 11.8 Å². The SMILES string of the molecule is CC(Sc1cccc(NC(=O)Cc2ccccc2)c1)C(=O)Nc1cccc(C(=O)O)c1. The van der Waals surface area contributed by atoms with E-state index in [1.807, 2.05) is 48.5 Å². The van der Waals surface area contributed by atoms with Crippen molar-refractivity contribution in [1.82, 2.24) is 0 Å². The van der Waals surface area contributed by atoms with Gasteiger partial charge in [-0.2, -0.15) is 0 Å². The number of amides is 2. The molecule has 0 heterocycles. The molecule has 0 aliphatic heterocycles. The monoisotopic (exact) mass is 434 g/mol. The van der Waals surface area contributed by atoms with Crippen LogP contribution in [0.3, 0.4) is 0 Å². The van der Waals surface area contributed by atoms with Gasteiger partial charge in [0.1, 0.15) is 0 Å². The molecule has 0 aromatic heterocycles. The Bertz CT molecular complexity index is 1090. The molecule has 0 aliphatic carbocycles. The van der Waals surface area contributed by atoms with E-state index < -0.39 is 11.2 Å². The molecule has 31 heavy (non-hydrogen) atoms. The van der Waals surface area contributed by atoms with Gasteiger partial charge in [-0.15, -0.1) is 11.8 Å². The van der Waals surface area contributed by atoms with Crippen LogP contribution in [0.2, 0.25) is 0 Å². The number of nitrogens with one attached hydrogen (secondary N) is 2. The van der Waals surface area contributed by atoms with Crippen LogP contribution < -0.4 is 10.6 Å². The van der Waals surface area contributed by atoms with Crippen molar-refractivity contribution < 1.29 is 19.5 Å². The van der Waals surface area contributed by atoms with Crippen LogP contribution in [0.5, 0.6) is 0 Å². The molecule has 1 unspecified atom stereocenters. The molecule has 0 saturated heterocycles. The van der Waals surface area contributed by atoms with Gasteiger partial charge in [-0.1, -0.05) is 42.5 Å². The van der Waals surface area contributed by atoms with Crippen LogP contribution in [0.25, 0.3) is 0 Å². The summed E-state index contributed by atoms with van der Waals surface area (Å²) in [6, 6.07) is 22.9. The highest BCUT2D eigenvalue weighted by molar-refractivity contribution is 8.00. The van der Waals surface area contributed by atoms with Crippen molar-refractivity contribution in [3.8, 4) is 0 Å². The second-order valence-electron chi connectivity index (χ2n) is 6.87. The van der Waals surface area contributed by atoms with Crippen LogP contribution in [0.15, 0.2) is 83.8 Å². The Morgan fingerprint density at radius 2 is 1.55 bits per heavy atom. The predicted molar refractivity (Wildman–Crippen MR) is 123 cm³/mol. The van der Waals surface area contributed by atoms with Gasteiger partial charge in [-0.05, 0) is 48.9 Å². The third kappa shape index (κ3) is 6.72. The number of benzene rings is 3. The highest BCUT2D eigenvalue weighted by atomic mass is 32.2. The molecule has 3 aromatic rings. The fourth-order valence-electron chi connectivity index (χ4n) is 2.87. The van der Waals surface area contributed by atoms with Crippen molar-refractivity contribution in [2.45, 2.75) is 23.5 Å². The molecule has 0 aliphatic rings. The van der Waals surface area contributed by atoms with Gasteiger partial charge in [-0.3, -0.25) is 9.59 Å². The molecule has 0 saturated carbocycles. The Hall–Kier alpha value is -3.58. The summed E-state index contributed by atoms with van der Waals surface area (Å²) in [6.45, 7) is 1.77. The van der Waals surface area contributed by atoms with E-state index in [2.05, 4.69) is 10.6 Å². The van der Waals surface area contributed by atoms with Gasteiger partial charge in [0.2, 0.25) is 11.8 Å². The number of rotatable bonds is 8. The number of thioether (sulfide) groups is 1. The quantitative estimate of drug-likeness (QED) is 0.447. The summed E-state index contributed by atoms with van der Waals surface area (Å²) < 4.78 is 0. The number of hydrogen-bond donors (Lipinski definition) is 3. The minimum atomic E-state index is -1.05. The third-order valence-corrected chi connectivity index (χ3v) is 5.48. The zero-order valence-corrected chi connectivity index (χ0v) is 17.7. The lowest BCUT2D eigenvalue weighted by molar-refractivity contribution is -0.116. The summed E-state index contributed by atoms with van der Waals surface area (Å²) in [5, 5.41) is 14.3. The normalized spacial score (nSPS) is 11.4. The van der Waals surface area contributed by atoms with E-state index in [1.54, 1.807) is 25.1 Å². The number of carboxylic acid groups (broad SMARTS) is 1. The van der Waals surface area contributed by atoms with Gasteiger partial charge in [0.15, 0.2) is 0 Å². The summed E-state index contributed by atoms with van der Waals surface area (Å²) >= 11 is 1.35. The van der Waals surface area contributed by atoms with E-state index in [0.717, 1.165) is 10.5 Å². The molecule has 158 valence electrons. The van der Waals surface area contributed by atoms with Gasteiger partial charge in [0.05, 0.1) is 17.2 Å². The standard InChI is InChI=1S/C24H22N2O4S/c1-16(23(28)26-19-10-5-9-18(14-19)24(29)30)31-21-12-6-11-20(15-21)25-22(27)13-17-7-3-2-4-8-17/h2-12,14-16H,13H2,1H3,(H,25,27)(H,26,28)(H,29,30). The first kappa shape index (κ1) is 22.1. The van der Waals surface area contributed by atoms with Crippen molar-refractivity contribution >= 4 is 40.9 Å². The predicted octanol–water partition coefficient (Wildman–Crippen LogP) is 4.69. The highest BCUT2D eigenvalue weighted by Crippen LogP contribution is 2.27. The maximum Gasteiger partial charge on any atom is 0.335 e. The topological polar surface area (TPSA) is 95.5 Å². The van der Waals surface area contributed by atoms with Crippen molar-refractivity contribution in [3.63, 3.8) is 0 Å². The number of aromatic carboxylic acids is 1. The molecule has 0 spiro atoms. The molecule has 0 fully saturated rings. The lowest BCUT2D eigenvalue weighted by Crippen LogP contribution is -2.22. The summed E-state index contributed by atoms with van der Waals surface area (Å²) in [5.41, 5.74) is 2.13. The minimum absolute atomic E-state index is 0.108. The smallest absolute Gasteiger partial charge is 0.335 e. The number of anilines is 2. The van der Waals surface area contributed by atoms with E-state index in [1.165, 1.54) is 23.9 Å². The van der Waals surface area contributed by atoms with Crippen molar-refractivity contribution in [2.24, 2.45) is 0 Å². The van der Waals surface area contributed by atoms with Gasteiger partial charge < -0.3 is 15.7 Å². The van der Waals surface area contributed by atoms with Gasteiger partial charge in [0.25, 0.3) is 0 Å². The number of carbonyl (C=O) groups is 3. The average Bonchev–Trinajstić information content (AvgIpc) is 2.74. The van der Waals surface area contributed by atoms with Crippen molar-refractivity contribution in [3.05, 3.63) is 90.0 Å². The maximum atomic E-state index is 12.5. The van der Waals surface area contributed by atoms with Gasteiger partial charge in [0, 0.05) is 16.3 Å². The first-order valence-electron chi connectivity index (χ1n) is 9.65. The Morgan fingerprint density at radius 3 is 2.26 bits per heavy atom. The summed E-state index contributed by atoms with van der Waals surface area (Å²) in [6.07, 6.45) is 0.284. The second-order valence-corrected chi connectivity index (χ2v) is 8.29. The molecule has 0 bridgehead atoms. The molecular weight excluding hydrogens is 412 g/mol. The van der Waals surface area contributed by atoms with Crippen LogP contribution in [0, 0.1) is 0 Å². The molecule has 0 radical (unpaired) electrons. The van der Waals surface area contributed by atoms with Gasteiger partial charge in [-0.25, -0.2) is 4.79 Å². The number of carboxylic acids is 1. The molecule has 1 atom stereocenters. The van der Waals surface area contributed by atoms with E-state index in [9.17, 15) is 14.4 Å². The lowest BCUT2D eigenvalue weighted by Gasteiger charge is -2.13. The molecular formula is C24H22N2O4S. The summed E-state index contributed by atoms with van der Waals surface area (Å²) in [4.78, 5) is 36.7.